The van der Waals surface area contributed by atoms with Crippen molar-refractivity contribution >= 4 is 17.7 Å². The maximum absolute atomic E-state index is 12.2. The average Bonchev–Trinajstić information content (AvgIpc) is 2.54. The van der Waals surface area contributed by atoms with Crippen LogP contribution in [0, 0.1) is 25.2 Å². The molecule has 1 aromatic carbocycles. The number of hydrogen-bond acceptors (Lipinski definition) is 5. The molecule has 5 nitrogen and oxygen atoms in total. The number of nitrogens with zero attached hydrogens (tertiary/aromatic N) is 3. The number of benzene rings is 1. The molecule has 0 unspecified atom stereocenters. The van der Waals surface area contributed by atoms with Crippen LogP contribution in [-0.2, 0) is 11.2 Å². The number of carbonyl (C=O) groups excluding carboxylic acids is 1. The van der Waals surface area contributed by atoms with Crippen molar-refractivity contribution in [3.05, 3.63) is 53.0 Å². The van der Waals surface area contributed by atoms with Gasteiger partial charge in [0, 0.05) is 7.05 Å². The van der Waals surface area contributed by atoms with Crippen molar-refractivity contribution in [3.63, 3.8) is 0 Å². The highest BCUT2D eigenvalue weighted by Gasteiger charge is 2.23. The van der Waals surface area contributed by atoms with E-state index in [2.05, 4.69) is 21.4 Å². The normalized spacial score (nSPS) is 11.6. The van der Waals surface area contributed by atoms with Crippen molar-refractivity contribution in [2.45, 2.75) is 30.5 Å². The number of thioether (sulfide) groups is 1. The third kappa shape index (κ3) is 4.30. The van der Waals surface area contributed by atoms with E-state index in [1.807, 2.05) is 30.3 Å². The molecule has 1 amide bonds. The molecule has 1 heterocycles. The SMILES string of the molecule is CNC(=O)[C@H](Cc1ccccc1)Sc1nc(C)nc(C)c1C#N. The largest absolute Gasteiger partial charge is 0.358 e. The van der Waals surface area contributed by atoms with Crippen LogP contribution in [0.2, 0.25) is 0 Å². The summed E-state index contributed by atoms with van der Waals surface area (Å²) in [7, 11) is 1.61. The van der Waals surface area contributed by atoms with Crippen LogP contribution in [0.25, 0.3) is 0 Å². The summed E-state index contributed by atoms with van der Waals surface area (Å²) in [6, 6.07) is 11.9. The fourth-order valence-electron chi connectivity index (χ4n) is 2.21. The molecule has 23 heavy (non-hydrogen) atoms. The Kier molecular flexibility index (Phi) is 5.72. The zero-order valence-corrected chi connectivity index (χ0v) is 14.1. The minimum absolute atomic E-state index is 0.0864. The molecule has 1 aromatic heterocycles. The Morgan fingerprint density at radius 3 is 2.61 bits per heavy atom. The minimum atomic E-state index is -0.358. The van der Waals surface area contributed by atoms with E-state index in [4.69, 9.17) is 0 Å². The van der Waals surface area contributed by atoms with Crippen molar-refractivity contribution in [2.75, 3.05) is 7.05 Å². The van der Waals surface area contributed by atoms with E-state index in [1.54, 1.807) is 20.9 Å². The molecule has 0 spiro atoms. The van der Waals surface area contributed by atoms with Gasteiger partial charge < -0.3 is 5.32 Å². The Balaban J connectivity index is 2.32. The zero-order chi connectivity index (χ0) is 16.8. The molecule has 0 aliphatic heterocycles. The molecule has 1 atom stereocenters. The van der Waals surface area contributed by atoms with Gasteiger partial charge in [0.1, 0.15) is 22.5 Å². The van der Waals surface area contributed by atoms with Crippen LogP contribution < -0.4 is 5.32 Å². The van der Waals surface area contributed by atoms with Gasteiger partial charge in [-0.3, -0.25) is 4.79 Å². The maximum Gasteiger partial charge on any atom is 0.233 e. The Morgan fingerprint density at radius 1 is 1.30 bits per heavy atom. The summed E-state index contributed by atoms with van der Waals surface area (Å²) in [6.07, 6.45) is 0.568. The summed E-state index contributed by atoms with van der Waals surface area (Å²) in [5.41, 5.74) is 2.13. The predicted molar refractivity (Wildman–Crippen MR) is 90.1 cm³/mol. The van der Waals surface area contributed by atoms with Gasteiger partial charge in [-0.2, -0.15) is 5.26 Å². The summed E-state index contributed by atoms with van der Waals surface area (Å²) in [5, 5.41) is 12.2. The lowest BCUT2D eigenvalue weighted by Gasteiger charge is -2.16. The molecule has 118 valence electrons. The fourth-order valence-corrected chi connectivity index (χ4v) is 3.47. The number of rotatable bonds is 5. The predicted octanol–water partition coefficient (Wildman–Crippen LogP) is 2.41. The molecule has 6 heteroatoms. The number of aromatic nitrogens is 2. The Labute approximate surface area is 140 Å². The molecule has 0 saturated heterocycles. The first-order valence-corrected chi connectivity index (χ1v) is 8.10. The standard InChI is InChI=1S/C17H18N4OS/c1-11-14(10-18)17(21-12(2)20-11)23-15(16(22)19-3)9-13-7-5-4-6-8-13/h4-8,15H,9H2,1-3H3,(H,19,22)/t15-/m0/s1. The molecule has 0 saturated carbocycles. The lowest BCUT2D eigenvalue weighted by Crippen LogP contribution is -2.31. The third-order valence-electron chi connectivity index (χ3n) is 3.34. The van der Waals surface area contributed by atoms with Crippen LogP contribution in [0.5, 0.6) is 0 Å². The Hall–Kier alpha value is -2.39. The van der Waals surface area contributed by atoms with Crippen LogP contribution in [0.15, 0.2) is 35.4 Å². The van der Waals surface area contributed by atoms with E-state index in [-0.39, 0.29) is 11.2 Å². The minimum Gasteiger partial charge on any atom is -0.358 e. The third-order valence-corrected chi connectivity index (χ3v) is 4.52. The van der Waals surface area contributed by atoms with Crippen molar-refractivity contribution in [1.82, 2.24) is 15.3 Å². The summed E-state index contributed by atoms with van der Waals surface area (Å²) >= 11 is 1.31. The topological polar surface area (TPSA) is 78.7 Å². The molecule has 1 N–H and O–H groups in total. The van der Waals surface area contributed by atoms with Crippen LogP contribution in [0.1, 0.15) is 22.6 Å². The second-order valence-electron chi connectivity index (χ2n) is 5.06. The lowest BCUT2D eigenvalue weighted by atomic mass is 10.1. The van der Waals surface area contributed by atoms with Crippen molar-refractivity contribution in [2.24, 2.45) is 0 Å². The van der Waals surface area contributed by atoms with Crippen molar-refractivity contribution in [3.8, 4) is 6.07 Å². The number of nitrogens with one attached hydrogen (secondary N) is 1. The van der Waals surface area contributed by atoms with Gasteiger partial charge in [0.25, 0.3) is 0 Å². The van der Waals surface area contributed by atoms with Gasteiger partial charge in [-0.25, -0.2) is 9.97 Å². The Bertz CT molecular complexity index is 740. The number of hydrogen-bond donors (Lipinski definition) is 1. The van der Waals surface area contributed by atoms with Gasteiger partial charge in [-0.15, -0.1) is 0 Å². The summed E-state index contributed by atoms with van der Waals surface area (Å²) in [5.74, 6) is 0.510. The summed E-state index contributed by atoms with van der Waals surface area (Å²) < 4.78 is 0. The van der Waals surface area contributed by atoms with E-state index in [0.29, 0.717) is 28.5 Å². The fraction of sp³-hybridized carbons (Fsp3) is 0.294. The van der Waals surface area contributed by atoms with Crippen LogP contribution in [0.4, 0.5) is 0 Å². The number of carbonyl (C=O) groups is 1. The number of aryl methyl sites for hydroxylation is 2. The van der Waals surface area contributed by atoms with Gasteiger partial charge in [0.05, 0.1) is 10.9 Å². The number of amides is 1. The van der Waals surface area contributed by atoms with Crippen LogP contribution in [-0.4, -0.2) is 28.2 Å². The van der Waals surface area contributed by atoms with Gasteiger partial charge >= 0.3 is 0 Å². The zero-order valence-electron chi connectivity index (χ0n) is 13.3. The second kappa shape index (κ2) is 7.75. The molecule has 0 aliphatic rings. The van der Waals surface area contributed by atoms with E-state index < -0.39 is 0 Å². The van der Waals surface area contributed by atoms with Crippen LogP contribution >= 0.6 is 11.8 Å². The van der Waals surface area contributed by atoms with E-state index >= 15 is 0 Å². The van der Waals surface area contributed by atoms with E-state index in [0.717, 1.165) is 5.56 Å². The van der Waals surface area contributed by atoms with Gasteiger partial charge in [0.2, 0.25) is 5.91 Å². The molecule has 2 rings (SSSR count). The molecular weight excluding hydrogens is 308 g/mol. The summed E-state index contributed by atoms with van der Waals surface area (Å²) in [4.78, 5) is 20.8. The molecule has 0 fully saturated rings. The van der Waals surface area contributed by atoms with E-state index in [9.17, 15) is 10.1 Å². The molecule has 0 aliphatic carbocycles. The van der Waals surface area contributed by atoms with Crippen molar-refractivity contribution in [1.29, 1.82) is 5.26 Å². The van der Waals surface area contributed by atoms with E-state index in [1.165, 1.54) is 11.8 Å². The highest BCUT2D eigenvalue weighted by molar-refractivity contribution is 8.00. The molecular formula is C17H18N4OS. The average molecular weight is 326 g/mol. The maximum atomic E-state index is 12.2. The van der Waals surface area contributed by atoms with Crippen LogP contribution in [0.3, 0.4) is 0 Å². The highest BCUT2D eigenvalue weighted by atomic mass is 32.2. The first-order valence-electron chi connectivity index (χ1n) is 7.22. The Morgan fingerprint density at radius 2 is 2.00 bits per heavy atom. The second-order valence-corrected chi connectivity index (χ2v) is 6.25. The highest BCUT2D eigenvalue weighted by Crippen LogP contribution is 2.28. The lowest BCUT2D eigenvalue weighted by molar-refractivity contribution is -0.120. The quantitative estimate of drug-likeness (QED) is 0.674. The smallest absolute Gasteiger partial charge is 0.233 e. The monoisotopic (exact) mass is 326 g/mol. The van der Waals surface area contributed by atoms with Gasteiger partial charge in [0.15, 0.2) is 0 Å². The van der Waals surface area contributed by atoms with Gasteiger partial charge in [-0.1, -0.05) is 42.1 Å². The first kappa shape index (κ1) is 17.0. The van der Waals surface area contributed by atoms with Crippen molar-refractivity contribution < 1.29 is 4.79 Å². The van der Waals surface area contributed by atoms with Gasteiger partial charge in [-0.05, 0) is 25.8 Å². The number of nitriles is 1. The molecule has 0 bridgehead atoms. The molecule has 0 radical (unpaired) electrons. The molecule has 2 aromatic rings. The summed E-state index contributed by atoms with van der Waals surface area (Å²) in [6.45, 7) is 3.56. The first-order chi connectivity index (χ1) is 11.0.